The fraction of sp³-hybridized carbons (Fsp3) is 1.00. The number of nitrogens with one attached hydrogen (secondary N) is 2. The van der Waals surface area contributed by atoms with Gasteiger partial charge in [-0.1, -0.05) is 20.3 Å². The van der Waals surface area contributed by atoms with Crippen LogP contribution in [0.3, 0.4) is 0 Å². The van der Waals surface area contributed by atoms with Crippen LogP contribution in [0, 0.1) is 5.92 Å². The molecule has 0 aromatic heterocycles. The molecular formula is C12H26N2. The smallest absolute Gasteiger partial charge is 0.0195 e. The van der Waals surface area contributed by atoms with Crippen molar-refractivity contribution in [1.29, 1.82) is 0 Å². The first-order chi connectivity index (χ1) is 6.72. The van der Waals surface area contributed by atoms with Gasteiger partial charge in [-0.05, 0) is 38.6 Å². The first kappa shape index (κ1) is 12.0. The summed E-state index contributed by atoms with van der Waals surface area (Å²) in [6.07, 6.45) is 5.29. The van der Waals surface area contributed by atoms with Crippen molar-refractivity contribution in [3.63, 3.8) is 0 Å². The van der Waals surface area contributed by atoms with E-state index in [1.165, 1.54) is 32.2 Å². The molecule has 2 nitrogen and oxygen atoms in total. The van der Waals surface area contributed by atoms with Crippen molar-refractivity contribution in [2.45, 2.75) is 58.5 Å². The summed E-state index contributed by atoms with van der Waals surface area (Å²) < 4.78 is 0. The van der Waals surface area contributed by atoms with Gasteiger partial charge in [-0.25, -0.2) is 0 Å². The lowest BCUT2D eigenvalue weighted by Gasteiger charge is -2.28. The molecule has 14 heavy (non-hydrogen) atoms. The maximum Gasteiger partial charge on any atom is 0.0195 e. The predicted octanol–water partition coefficient (Wildman–Crippen LogP) is 2.15. The molecular weight excluding hydrogens is 172 g/mol. The summed E-state index contributed by atoms with van der Waals surface area (Å²) in [5.41, 5.74) is 0. The van der Waals surface area contributed by atoms with Gasteiger partial charge in [0.2, 0.25) is 0 Å². The van der Waals surface area contributed by atoms with Crippen molar-refractivity contribution in [1.82, 2.24) is 10.6 Å². The summed E-state index contributed by atoms with van der Waals surface area (Å²) in [4.78, 5) is 0. The van der Waals surface area contributed by atoms with Crippen molar-refractivity contribution in [3.8, 4) is 0 Å². The first-order valence-corrected chi connectivity index (χ1v) is 6.19. The minimum absolute atomic E-state index is 0.676. The molecule has 1 fully saturated rings. The lowest BCUT2D eigenvalue weighted by molar-refractivity contribution is 0.326. The third-order valence-electron chi connectivity index (χ3n) is 3.27. The van der Waals surface area contributed by atoms with Gasteiger partial charge in [-0.2, -0.15) is 0 Å². The molecule has 3 atom stereocenters. The molecule has 2 N–H and O–H groups in total. The molecule has 0 radical (unpaired) electrons. The zero-order valence-corrected chi connectivity index (χ0v) is 9.97. The first-order valence-electron chi connectivity index (χ1n) is 6.19. The lowest BCUT2D eigenvalue weighted by Crippen LogP contribution is -2.46. The molecule has 1 aliphatic heterocycles. The molecule has 1 rings (SSSR count). The molecule has 0 bridgehead atoms. The highest BCUT2D eigenvalue weighted by Gasteiger charge is 2.15. The standard InChI is InChI=1S/C12H26N2/c1-4-10(2)8-11(3)14-12-6-5-7-13-9-12/h10-14H,4-9H2,1-3H3. The SMILES string of the molecule is CCC(C)CC(C)NC1CCCNC1. The number of hydrogen-bond acceptors (Lipinski definition) is 2. The van der Waals surface area contributed by atoms with E-state index in [0.717, 1.165) is 12.5 Å². The van der Waals surface area contributed by atoms with E-state index in [1.54, 1.807) is 0 Å². The molecule has 0 spiro atoms. The molecule has 1 heterocycles. The average Bonchev–Trinajstić information content (AvgIpc) is 2.19. The predicted molar refractivity (Wildman–Crippen MR) is 62.6 cm³/mol. The van der Waals surface area contributed by atoms with E-state index in [4.69, 9.17) is 0 Å². The molecule has 0 aromatic carbocycles. The summed E-state index contributed by atoms with van der Waals surface area (Å²) in [6, 6.07) is 1.39. The Morgan fingerprint density at radius 1 is 1.43 bits per heavy atom. The van der Waals surface area contributed by atoms with Crippen molar-refractivity contribution < 1.29 is 0 Å². The van der Waals surface area contributed by atoms with E-state index >= 15 is 0 Å². The van der Waals surface area contributed by atoms with Crippen LogP contribution in [0.15, 0.2) is 0 Å². The monoisotopic (exact) mass is 198 g/mol. The van der Waals surface area contributed by atoms with Crippen LogP contribution in [0.25, 0.3) is 0 Å². The maximum atomic E-state index is 3.72. The van der Waals surface area contributed by atoms with Crippen LogP contribution in [0.5, 0.6) is 0 Å². The van der Waals surface area contributed by atoms with Crippen LogP contribution in [0.4, 0.5) is 0 Å². The zero-order chi connectivity index (χ0) is 10.4. The van der Waals surface area contributed by atoms with Crippen molar-refractivity contribution in [3.05, 3.63) is 0 Å². The second-order valence-corrected chi connectivity index (χ2v) is 4.86. The van der Waals surface area contributed by atoms with Crippen molar-refractivity contribution in [2.24, 2.45) is 5.92 Å². The van der Waals surface area contributed by atoms with E-state index in [9.17, 15) is 0 Å². The molecule has 0 aromatic rings. The quantitative estimate of drug-likeness (QED) is 0.707. The van der Waals surface area contributed by atoms with Crippen LogP contribution in [-0.2, 0) is 0 Å². The van der Waals surface area contributed by atoms with Gasteiger partial charge >= 0.3 is 0 Å². The largest absolute Gasteiger partial charge is 0.315 e. The topological polar surface area (TPSA) is 24.1 Å². The Bertz CT molecular complexity index is 141. The highest BCUT2D eigenvalue weighted by molar-refractivity contribution is 4.78. The number of hydrogen-bond donors (Lipinski definition) is 2. The Morgan fingerprint density at radius 3 is 2.79 bits per heavy atom. The zero-order valence-electron chi connectivity index (χ0n) is 9.97. The van der Waals surface area contributed by atoms with Gasteiger partial charge in [0.25, 0.3) is 0 Å². The molecule has 2 heteroatoms. The maximum absolute atomic E-state index is 3.72. The summed E-state index contributed by atoms with van der Waals surface area (Å²) in [7, 11) is 0. The van der Waals surface area contributed by atoms with Crippen LogP contribution in [0.2, 0.25) is 0 Å². The lowest BCUT2D eigenvalue weighted by atomic mass is 9.98. The molecule has 84 valence electrons. The summed E-state index contributed by atoms with van der Waals surface area (Å²) in [5, 5.41) is 7.17. The summed E-state index contributed by atoms with van der Waals surface area (Å²) in [5.74, 6) is 0.856. The third-order valence-corrected chi connectivity index (χ3v) is 3.27. The van der Waals surface area contributed by atoms with Crippen molar-refractivity contribution in [2.75, 3.05) is 13.1 Å². The number of piperidine rings is 1. The highest BCUT2D eigenvalue weighted by Crippen LogP contribution is 2.11. The summed E-state index contributed by atoms with van der Waals surface area (Å²) >= 11 is 0. The van der Waals surface area contributed by atoms with Crippen LogP contribution < -0.4 is 10.6 Å². The molecule has 0 saturated carbocycles. The fourth-order valence-electron chi connectivity index (χ4n) is 2.23. The van der Waals surface area contributed by atoms with Gasteiger partial charge in [0.15, 0.2) is 0 Å². The molecule has 0 aliphatic carbocycles. The minimum atomic E-state index is 0.676. The third kappa shape index (κ3) is 4.43. The van der Waals surface area contributed by atoms with Gasteiger partial charge in [0, 0.05) is 18.6 Å². The minimum Gasteiger partial charge on any atom is -0.315 e. The highest BCUT2D eigenvalue weighted by atomic mass is 15.0. The van der Waals surface area contributed by atoms with Crippen LogP contribution in [0.1, 0.15) is 46.5 Å². The normalized spacial score (nSPS) is 27.2. The van der Waals surface area contributed by atoms with E-state index in [2.05, 4.69) is 31.4 Å². The van der Waals surface area contributed by atoms with Crippen LogP contribution in [-0.4, -0.2) is 25.2 Å². The Balaban J connectivity index is 2.14. The van der Waals surface area contributed by atoms with Gasteiger partial charge in [-0.15, -0.1) is 0 Å². The Morgan fingerprint density at radius 2 is 2.21 bits per heavy atom. The van der Waals surface area contributed by atoms with Crippen molar-refractivity contribution >= 4 is 0 Å². The second kappa shape index (κ2) is 6.41. The van der Waals surface area contributed by atoms with Crippen LogP contribution >= 0.6 is 0 Å². The van der Waals surface area contributed by atoms with Gasteiger partial charge in [0.1, 0.15) is 0 Å². The van der Waals surface area contributed by atoms with E-state index in [0.29, 0.717) is 12.1 Å². The average molecular weight is 198 g/mol. The Hall–Kier alpha value is -0.0800. The Labute approximate surface area is 88.8 Å². The Kier molecular flexibility index (Phi) is 5.49. The fourth-order valence-corrected chi connectivity index (χ4v) is 2.23. The van der Waals surface area contributed by atoms with E-state index in [1.807, 2.05) is 0 Å². The van der Waals surface area contributed by atoms with Gasteiger partial charge < -0.3 is 10.6 Å². The molecule has 3 unspecified atom stereocenters. The second-order valence-electron chi connectivity index (χ2n) is 4.86. The van der Waals surface area contributed by atoms with Gasteiger partial charge in [0.05, 0.1) is 0 Å². The summed E-state index contributed by atoms with van der Waals surface area (Å²) in [6.45, 7) is 9.31. The van der Waals surface area contributed by atoms with Gasteiger partial charge in [-0.3, -0.25) is 0 Å². The molecule has 1 aliphatic rings. The molecule has 0 amide bonds. The molecule has 1 saturated heterocycles. The number of rotatable bonds is 5. The van der Waals surface area contributed by atoms with E-state index in [-0.39, 0.29) is 0 Å². The van der Waals surface area contributed by atoms with E-state index < -0.39 is 0 Å².